The van der Waals surface area contributed by atoms with Gasteiger partial charge in [0.05, 0.1) is 11.3 Å². The van der Waals surface area contributed by atoms with Crippen LogP contribution in [0.1, 0.15) is 17.7 Å². The normalized spacial score (nSPS) is 16.7. The molecule has 1 saturated heterocycles. The van der Waals surface area contributed by atoms with E-state index in [1.54, 1.807) is 11.1 Å². The minimum absolute atomic E-state index is 0.195. The van der Waals surface area contributed by atoms with Crippen molar-refractivity contribution in [2.45, 2.75) is 25.6 Å². The lowest BCUT2D eigenvalue weighted by Crippen LogP contribution is -2.39. The number of urea groups is 1. The largest absolute Gasteiger partial charge is 0.416 e. The summed E-state index contributed by atoms with van der Waals surface area (Å²) in [7, 11) is 0. The van der Waals surface area contributed by atoms with Gasteiger partial charge in [-0.2, -0.15) is 13.2 Å². The van der Waals surface area contributed by atoms with Crippen molar-refractivity contribution in [2.24, 2.45) is 0 Å². The minimum atomic E-state index is -4.42. The number of amides is 2. The molecule has 0 radical (unpaired) electrons. The van der Waals surface area contributed by atoms with Crippen LogP contribution >= 0.6 is 0 Å². The molecule has 4 rings (SSSR count). The summed E-state index contributed by atoms with van der Waals surface area (Å²) in [6.45, 7) is 2.81. The second-order valence-corrected chi connectivity index (χ2v) is 7.23. The van der Waals surface area contributed by atoms with Crippen LogP contribution in [-0.4, -0.2) is 35.1 Å². The van der Waals surface area contributed by atoms with Crippen molar-refractivity contribution in [3.63, 3.8) is 0 Å². The lowest BCUT2D eigenvalue weighted by Gasteiger charge is -2.19. The molecule has 1 fully saturated rings. The van der Waals surface area contributed by atoms with Crippen LogP contribution < -0.4 is 15.5 Å². The molecule has 2 amide bonds. The van der Waals surface area contributed by atoms with Crippen LogP contribution in [-0.2, 0) is 6.18 Å². The molecular formula is C21H20F3N5O. The van der Waals surface area contributed by atoms with E-state index >= 15 is 0 Å². The average molecular weight is 415 g/mol. The second-order valence-electron chi connectivity index (χ2n) is 7.23. The van der Waals surface area contributed by atoms with Crippen molar-refractivity contribution in [3.05, 3.63) is 60.0 Å². The Balaban J connectivity index is 1.41. The number of fused-ring (bicyclic) bond motifs is 1. The molecule has 1 aliphatic rings. The topological polar surface area (TPSA) is 70.2 Å². The molecule has 9 heteroatoms. The molecule has 1 unspecified atom stereocenters. The highest BCUT2D eigenvalue weighted by molar-refractivity contribution is 6.02. The van der Waals surface area contributed by atoms with Crippen LogP contribution in [0.3, 0.4) is 0 Å². The predicted molar refractivity (Wildman–Crippen MR) is 108 cm³/mol. The second kappa shape index (κ2) is 7.81. The number of rotatable bonds is 3. The maximum Gasteiger partial charge on any atom is 0.416 e. The number of carbonyl (C=O) groups excluding carboxylic acids is 1. The van der Waals surface area contributed by atoms with Crippen molar-refractivity contribution < 1.29 is 18.0 Å². The maximum absolute atomic E-state index is 12.9. The number of halogens is 3. The Kier molecular flexibility index (Phi) is 5.19. The monoisotopic (exact) mass is 415 g/mol. The number of aryl methyl sites for hydroxylation is 1. The van der Waals surface area contributed by atoms with E-state index in [1.165, 1.54) is 0 Å². The predicted octanol–water partition coefficient (Wildman–Crippen LogP) is 4.36. The summed E-state index contributed by atoms with van der Waals surface area (Å²) in [5.41, 5.74) is 0.809. The van der Waals surface area contributed by atoms with Crippen molar-refractivity contribution in [1.29, 1.82) is 0 Å². The number of benzene rings is 1. The summed E-state index contributed by atoms with van der Waals surface area (Å²) in [5.74, 6) is 0.256. The van der Waals surface area contributed by atoms with E-state index in [0.29, 0.717) is 25.2 Å². The third-order valence-electron chi connectivity index (χ3n) is 5.17. The lowest BCUT2D eigenvalue weighted by atomic mass is 10.1. The summed E-state index contributed by atoms with van der Waals surface area (Å²) >= 11 is 0. The summed E-state index contributed by atoms with van der Waals surface area (Å²) in [4.78, 5) is 22.6. The molecule has 156 valence electrons. The minimum Gasteiger partial charge on any atom is -0.354 e. The van der Waals surface area contributed by atoms with Crippen LogP contribution in [0.5, 0.6) is 0 Å². The first kappa shape index (κ1) is 19.9. The number of aromatic nitrogens is 2. The fourth-order valence-electron chi connectivity index (χ4n) is 3.66. The number of anilines is 2. The van der Waals surface area contributed by atoms with Gasteiger partial charge in [-0.3, -0.25) is 4.98 Å². The van der Waals surface area contributed by atoms with Gasteiger partial charge in [0, 0.05) is 48.0 Å². The van der Waals surface area contributed by atoms with E-state index in [0.717, 1.165) is 34.8 Å². The van der Waals surface area contributed by atoms with Crippen LogP contribution in [0, 0.1) is 6.92 Å². The van der Waals surface area contributed by atoms with Gasteiger partial charge in [-0.25, -0.2) is 9.78 Å². The summed E-state index contributed by atoms with van der Waals surface area (Å²) < 4.78 is 38.8. The van der Waals surface area contributed by atoms with Crippen molar-refractivity contribution in [1.82, 2.24) is 15.3 Å². The van der Waals surface area contributed by atoms with Crippen LogP contribution in [0.25, 0.3) is 10.8 Å². The summed E-state index contributed by atoms with van der Waals surface area (Å²) in [6.07, 6.45) is -0.953. The third-order valence-corrected chi connectivity index (χ3v) is 5.17. The highest BCUT2D eigenvalue weighted by Crippen LogP contribution is 2.31. The van der Waals surface area contributed by atoms with Crippen LogP contribution in [0.2, 0.25) is 0 Å². The van der Waals surface area contributed by atoms with Gasteiger partial charge < -0.3 is 15.5 Å². The molecule has 1 atom stereocenters. The van der Waals surface area contributed by atoms with Gasteiger partial charge in [-0.1, -0.05) is 12.1 Å². The van der Waals surface area contributed by atoms with Crippen molar-refractivity contribution in [3.8, 4) is 0 Å². The number of hydrogen-bond acceptors (Lipinski definition) is 4. The molecule has 0 saturated carbocycles. The zero-order valence-electron chi connectivity index (χ0n) is 16.2. The van der Waals surface area contributed by atoms with Crippen molar-refractivity contribution in [2.75, 3.05) is 23.3 Å². The number of pyridine rings is 2. The Morgan fingerprint density at radius 3 is 2.73 bits per heavy atom. The molecule has 0 bridgehead atoms. The molecule has 2 N–H and O–H groups in total. The van der Waals surface area contributed by atoms with Crippen LogP contribution in [0.4, 0.5) is 29.5 Å². The van der Waals surface area contributed by atoms with E-state index in [-0.39, 0.29) is 17.9 Å². The standard InChI is InChI=1S/C21H20F3N5O/c1-13-16-3-2-4-18(17(16)6-9-25-13)28-20(30)27-15-7-10-29(12-15)19-11-14(5-8-26-19)21(22,23)24/h2-6,8-9,11,15H,7,10,12H2,1H3,(H2,27,28,30). The smallest absolute Gasteiger partial charge is 0.354 e. The Hall–Kier alpha value is -3.36. The first-order chi connectivity index (χ1) is 14.3. The molecule has 6 nitrogen and oxygen atoms in total. The van der Waals surface area contributed by atoms with Gasteiger partial charge in [-0.15, -0.1) is 0 Å². The molecule has 3 heterocycles. The Bertz CT molecular complexity index is 1090. The Morgan fingerprint density at radius 1 is 1.13 bits per heavy atom. The first-order valence-electron chi connectivity index (χ1n) is 9.51. The molecular weight excluding hydrogens is 395 g/mol. The molecule has 30 heavy (non-hydrogen) atoms. The third kappa shape index (κ3) is 4.14. The number of carbonyl (C=O) groups is 1. The fraction of sp³-hybridized carbons (Fsp3) is 0.286. The van der Waals surface area contributed by atoms with Gasteiger partial charge in [0.1, 0.15) is 5.82 Å². The number of hydrogen-bond donors (Lipinski definition) is 2. The quantitative estimate of drug-likeness (QED) is 0.667. The van der Waals surface area contributed by atoms with E-state index in [1.807, 2.05) is 31.2 Å². The van der Waals surface area contributed by atoms with Gasteiger partial charge in [-0.05, 0) is 37.6 Å². The van der Waals surface area contributed by atoms with E-state index < -0.39 is 11.7 Å². The number of alkyl halides is 3. The fourth-order valence-corrected chi connectivity index (χ4v) is 3.66. The van der Waals surface area contributed by atoms with Gasteiger partial charge >= 0.3 is 12.2 Å². The highest BCUT2D eigenvalue weighted by atomic mass is 19.4. The Labute approximate surface area is 171 Å². The summed E-state index contributed by atoms with van der Waals surface area (Å²) in [6, 6.07) is 8.88. The van der Waals surface area contributed by atoms with Gasteiger partial charge in [0.25, 0.3) is 0 Å². The first-order valence-corrected chi connectivity index (χ1v) is 9.51. The molecule has 1 aliphatic heterocycles. The lowest BCUT2D eigenvalue weighted by molar-refractivity contribution is -0.137. The highest BCUT2D eigenvalue weighted by Gasteiger charge is 2.32. The number of nitrogens with one attached hydrogen (secondary N) is 2. The van der Waals surface area contributed by atoms with E-state index in [4.69, 9.17) is 0 Å². The van der Waals surface area contributed by atoms with Crippen LogP contribution in [0.15, 0.2) is 48.8 Å². The zero-order chi connectivity index (χ0) is 21.3. The Morgan fingerprint density at radius 2 is 1.93 bits per heavy atom. The maximum atomic E-state index is 12.9. The number of nitrogens with zero attached hydrogens (tertiary/aromatic N) is 3. The summed E-state index contributed by atoms with van der Waals surface area (Å²) in [5, 5.41) is 7.60. The molecule has 3 aromatic rings. The molecule has 2 aromatic heterocycles. The van der Waals surface area contributed by atoms with Crippen molar-refractivity contribution >= 4 is 28.3 Å². The van der Waals surface area contributed by atoms with E-state index in [9.17, 15) is 18.0 Å². The average Bonchev–Trinajstić information content (AvgIpc) is 3.17. The van der Waals surface area contributed by atoms with E-state index in [2.05, 4.69) is 20.6 Å². The zero-order valence-corrected chi connectivity index (χ0v) is 16.2. The molecule has 0 spiro atoms. The molecule has 0 aliphatic carbocycles. The SMILES string of the molecule is Cc1nccc2c(NC(=O)NC3CCN(c4cc(C(F)(F)F)ccn4)C3)cccc12. The van der Waals surface area contributed by atoms with Gasteiger partial charge in [0.2, 0.25) is 0 Å². The molecule has 1 aromatic carbocycles. The van der Waals surface area contributed by atoms with Gasteiger partial charge in [0.15, 0.2) is 0 Å².